The average molecular weight is 733 g/mol. The van der Waals surface area contributed by atoms with Crippen LogP contribution in [0.3, 0.4) is 0 Å². The summed E-state index contributed by atoms with van der Waals surface area (Å²) in [5, 5.41) is 0. The Balaban J connectivity index is 0.781. The van der Waals surface area contributed by atoms with Gasteiger partial charge in [-0.1, -0.05) is 60.7 Å². The highest BCUT2D eigenvalue weighted by Gasteiger charge is 2.54. The molecule has 0 bridgehead atoms. The SMILES string of the molecule is c1ccc(COC[C@H]2O[C@H]3CC[C@H]4O[C@H]5C[C@H]6O[C@H]7CC[C@H]8O[C@H]9CCCO[C@@H]9C[C@@H]8O[C@@H]7C[C@@H]6O[C@@H]5C[C@@H]4O[C@@H]3C[C@@H]2OCc2ccccc2)cc1. The summed E-state index contributed by atoms with van der Waals surface area (Å²) < 4.78 is 66.7. The molecule has 16 atom stereocenters. The van der Waals surface area contributed by atoms with E-state index in [1.54, 1.807) is 0 Å². The van der Waals surface area contributed by atoms with Crippen molar-refractivity contribution in [2.24, 2.45) is 0 Å². The van der Waals surface area contributed by atoms with E-state index in [0.717, 1.165) is 88.4 Å². The number of hydrogen-bond donors (Lipinski definition) is 0. The lowest BCUT2D eigenvalue weighted by molar-refractivity contribution is -0.296. The first-order valence-corrected chi connectivity index (χ1v) is 20.7. The molecular weight excluding hydrogens is 676 g/mol. The summed E-state index contributed by atoms with van der Waals surface area (Å²) in [5.41, 5.74) is 2.29. The van der Waals surface area contributed by atoms with Crippen molar-refractivity contribution in [1.29, 1.82) is 0 Å². The van der Waals surface area contributed by atoms with Crippen molar-refractivity contribution in [2.75, 3.05) is 13.2 Å². The summed E-state index contributed by atoms with van der Waals surface area (Å²) in [6.45, 7) is 2.36. The average Bonchev–Trinajstić information content (AvgIpc) is 3.47. The van der Waals surface area contributed by atoms with Crippen LogP contribution in [0.15, 0.2) is 60.7 Å². The van der Waals surface area contributed by atoms with E-state index in [1.807, 2.05) is 24.3 Å². The van der Waals surface area contributed by atoms with Gasteiger partial charge in [-0.05, 0) is 49.7 Å². The number of hydrogen-bond acceptors (Lipinski definition) is 10. The van der Waals surface area contributed by atoms with Gasteiger partial charge in [0.25, 0.3) is 0 Å². The molecule has 0 amide bonds. The minimum Gasteiger partial charge on any atom is -0.375 e. The van der Waals surface area contributed by atoms with Crippen LogP contribution in [0.25, 0.3) is 0 Å². The molecule has 0 aromatic heterocycles. The summed E-state index contributed by atoms with van der Waals surface area (Å²) in [6, 6.07) is 20.6. The normalized spacial score (nSPS) is 45.0. The molecule has 0 unspecified atom stereocenters. The highest BCUT2D eigenvalue weighted by atomic mass is 16.6. The van der Waals surface area contributed by atoms with E-state index in [4.69, 9.17) is 47.4 Å². The maximum Gasteiger partial charge on any atom is 0.108 e. The Morgan fingerprint density at radius 1 is 0.434 bits per heavy atom. The van der Waals surface area contributed by atoms with Gasteiger partial charge in [-0.3, -0.25) is 0 Å². The third-order valence-electron chi connectivity index (χ3n) is 13.2. The molecule has 8 saturated heterocycles. The van der Waals surface area contributed by atoms with E-state index in [2.05, 4.69) is 36.4 Å². The molecule has 8 aliphatic rings. The third kappa shape index (κ3) is 7.75. The zero-order chi connectivity index (χ0) is 35.1. The molecule has 10 heteroatoms. The Bertz CT molecular complexity index is 1480. The first-order chi connectivity index (χ1) is 26.2. The van der Waals surface area contributed by atoms with Crippen LogP contribution < -0.4 is 0 Å². The van der Waals surface area contributed by atoms with Gasteiger partial charge in [0.2, 0.25) is 0 Å². The molecule has 2 aromatic rings. The lowest BCUT2D eigenvalue weighted by Gasteiger charge is -2.51. The van der Waals surface area contributed by atoms with Crippen molar-refractivity contribution in [2.45, 2.75) is 182 Å². The van der Waals surface area contributed by atoms with Gasteiger partial charge < -0.3 is 47.4 Å². The van der Waals surface area contributed by atoms with Gasteiger partial charge >= 0.3 is 0 Å². The second-order valence-electron chi connectivity index (χ2n) is 16.7. The van der Waals surface area contributed by atoms with Crippen LogP contribution in [0, 0.1) is 0 Å². The lowest BCUT2D eigenvalue weighted by atomic mass is 9.85. The second-order valence-corrected chi connectivity index (χ2v) is 16.7. The smallest absolute Gasteiger partial charge is 0.108 e. The van der Waals surface area contributed by atoms with Crippen molar-refractivity contribution < 1.29 is 47.4 Å². The fourth-order valence-corrected chi connectivity index (χ4v) is 10.5. The molecule has 10 rings (SSSR count). The zero-order valence-corrected chi connectivity index (χ0v) is 30.7. The number of rotatable bonds is 7. The molecule has 288 valence electrons. The molecule has 10 nitrogen and oxygen atoms in total. The summed E-state index contributed by atoms with van der Waals surface area (Å²) in [4.78, 5) is 0. The van der Waals surface area contributed by atoms with Gasteiger partial charge in [-0.25, -0.2) is 0 Å². The molecule has 8 aliphatic heterocycles. The summed E-state index contributed by atoms with van der Waals surface area (Å²) >= 11 is 0. The molecule has 0 aliphatic carbocycles. The van der Waals surface area contributed by atoms with Crippen LogP contribution in [0.1, 0.15) is 81.8 Å². The van der Waals surface area contributed by atoms with E-state index in [-0.39, 0.29) is 97.7 Å². The summed E-state index contributed by atoms with van der Waals surface area (Å²) in [5.74, 6) is 0. The van der Waals surface area contributed by atoms with Crippen molar-refractivity contribution in [1.82, 2.24) is 0 Å². The Morgan fingerprint density at radius 2 is 0.868 bits per heavy atom. The minimum atomic E-state index is -0.179. The van der Waals surface area contributed by atoms with Crippen molar-refractivity contribution in [3.63, 3.8) is 0 Å². The maximum atomic E-state index is 6.98. The first-order valence-electron chi connectivity index (χ1n) is 20.7. The van der Waals surface area contributed by atoms with E-state index in [1.165, 1.54) is 0 Å². The van der Waals surface area contributed by atoms with Crippen LogP contribution in [0.4, 0.5) is 0 Å². The number of fused-ring (bicyclic) bond motifs is 7. The Morgan fingerprint density at radius 3 is 1.45 bits per heavy atom. The van der Waals surface area contributed by atoms with Crippen LogP contribution in [-0.2, 0) is 60.6 Å². The van der Waals surface area contributed by atoms with E-state index in [9.17, 15) is 0 Å². The van der Waals surface area contributed by atoms with Crippen molar-refractivity contribution in [3.05, 3.63) is 71.8 Å². The molecule has 0 N–H and O–H groups in total. The second kappa shape index (κ2) is 15.9. The van der Waals surface area contributed by atoms with Gasteiger partial charge in [0.05, 0.1) is 111 Å². The predicted molar refractivity (Wildman–Crippen MR) is 192 cm³/mol. The highest BCUT2D eigenvalue weighted by Crippen LogP contribution is 2.45. The van der Waals surface area contributed by atoms with Crippen molar-refractivity contribution >= 4 is 0 Å². The molecule has 8 heterocycles. The quantitative estimate of drug-likeness (QED) is 0.346. The molecular formula is C43H56O10. The topological polar surface area (TPSA) is 92.3 Å². The molecule has 0 saturated carbocycles. The monoisotopic (exact) mass is 732 g/mol. The first kappa shape index (κ1) is 35.5. The fourth-order valence-electron chi connectivity index (χ4n) is 10.5. The molecule has 2 aromatic carbocycles. The van der Waals surface area contributed by atoms with Crippen LogP contribution in [0.2, 0.25) is 0 Å². The lowest BCUT2D eigenvalue weighted by Crippen LogP contribution is -2.60. The number of ether oxygens (including phenoxy) is 10. The van der Waals surface area contributed by atoms with Gasteiger partial charge in [0.1, 0.15) is 6.10 Å². The van der Waals surface area contributed by atoms with Crippen LogP contribution in [-0.4, -0.2) is 111 Å². The van der Waals surface area contributed by atoms with E-state index < -0.39 is 0 Å². The van der Waals surface area contributed by atoms with Crippen LogP contribution in [0.5, 0.6) is 0 Å². The maximum absolute atomic E-state index is 6.98. The van der Waals surface area contributed by atoms with Gasteiger partial charge in [0.15, 0.2) is 0 Å². The Kier molecular flexibility index (Phi) is 10.6. The van der Waals surface area contributed by atoms with Gasteiger partial charge in [0, 0.05) is 38.7 Å². The third-order valence-corrected chi connectivity index (χ3v) is 13.2. The molecule has 53 heavy (non-hydrogen) atoms. The largest absolute Gasteiger partial charge is 0.375 e. The van der Waals surface area contributed by atoms with Gasteiger partial charge in [-0.15, -0.1) is 0 Å². The van der Waals surface area contributed by atoms with E-state index >= 15 is 0 Å². The zero-order valence-electron chi connectivity index (χ0n) is 30.7. The van der Waals surface area contributed by atoms with Crippen LogP contribution >= 0.6 is 0 Å². The predicted octanol–water partition coefficient (Wildman–Crippen LogP) is 5.85. The molecule has 8 fully saturated rings. The Labute approximate surface area is 313 Å². The molecule has 0 radical (unpaired) electrons. The Hall–Kier alpha value is -1.96. The highest BCUT2D eigenvalue weighted by molar-refractivity contribution is 5.14. The molecule has 0 spiro atoms. The fraction of sp³-hybridized carbons (Fsp3) is 0.721. The summed E-state index contributed by atoms with van der Waals surface area (Å²) in [6.07, 6.45) is 10.1. The summed E-state index contributed by atoms with van der Waals surface area (Å²) in [7, 11) is 0. The van der Waals surface area contributed by atoms with Crippen molar-refractivity contribution in [3.8, 4) is 0 Å². The standard InChI is InChI=1S/C43H56O10/c1-3-8-26(9-4-1)23-44-25-43-34(46-24-27-10-5-2-6-11-27)19-36-32(50-43)16-15-31-38(52-36)21-42-40(49-31)22-39-41(53-42)20-37-30(48-39)14-13-29-35(51-37)18-33-28(47-29)12-7-17-45-33/h1-6,8-11,28-43H,7,12-25H2/t28-,29+,30-,31+,32-,33+,34-,35-,36+,37+,38-,39+,40-,41-,42+,43+/m0/s1. The minimum absolute atomic E-state index is 0.00216. The van der Waals surface area contributed by atoms with Gasteiger partial charge in [-0.2, -0.15) is 0 Å². The van der Waals surface area contributed by atoms with E-state index in [0.29, 0.717) is 19.8 Å². The number of benzene rings is 2.